The highest BCUT2D eigenvalue weighted by Gasteiger charge is 2.45. The molecule has 2 aromatic rings. The summed E-state index contributed by atoms with van der Waals surface area (Å²) in [6.07, 6.45) is 2.46. The molecule has 2 atom stereocenters. The van der Waals surface area contributed by atoms with Crippen molar-refractivity contribution in [2.45, 2.75) is 26.2 Å². The number of anilines is 1. The van der Waals surface area contributed by atoms with Gasteiger partial charge in [-0.1, -0.05) is 50.3 Å². The molecule has 0 radical (unpaired) electrons. The number of allylic oxidation sites excluding steroid dienone is 2. The summed E-state index contributed by atoms with van der Waals surface area (Å²) in [5.74, 6) is -0.404. The molecule has 1 aliphatic carbocycles. The third-order valence-electron chi connectivity index (χ3n) is 4.91. The molecule has 0 bridgehead atoms. The Hall–Kier alpha value is -2.89. The van der Waals surface area contributed by atoms with Crippen LogP contribution in [0.15, 0.2) is 51.7 Å². The zero-order valence-corrected chi connectivity index (χ0v) is 14.1. The van der Waals surface area contributed by atoms with Gasteiger partial charge in [0.2, 0.25) is 0 Å². The quantitative estimate of drug-likeness (QED) is 0.743. The Morgan fingerprint density at radius 1 is 1.00 bits per heavy atom. The van der Waals surface area contributed by atoms with Crippen LogP contribution in [0.1, 0.15) is 37.3 Å². The normalized spacial score (nSPS) is 23.9. The molecule has 2 aliphatic rings. The summed E-state index contributed by atoms with van der Waals surface area (Å²) in [5, 5.41) is 3.13. The van der Waals surface area contributed by atoms with Crippen LogP contribution in [0.25, 0.3) is 0 Å². The molecule has 0 saturated carbocycles. The Morgan fingerprint density at radius 2 is 1.72 bits per heavy atom. The van der Waals surface area contributed by atoms with E-state index in [0.29, 0.717) is 17.8 Å². The Balaban J connectivity index is 2.02. The Morgan fingerprint density at radius 3 is 2.44 bits per heavy atom. The molecule has 128 valence electrons. The number of aromatic nitrogens is 2. The Labute approximate surface area is 144 Å². The van der Waals surface area contributed by atoms with Gasteiger partial charge in [-0.15, -0.1) is 0 Å². The second kappa shape index (κ2) is 5.31. The van der Waals surface area contributed by atoms with Crippen LogP contribution in [0.3, 0.4) is 0 Å². The van der Waals surface area contributed by atoms with E-state index in [1.807, 2.05) is 50.3 Å². The fourth-order valence-corrected chi connectivity index (χ4v) is 4.00. The van der Waals surface area contributed by atoms with Crippen molar-refractivity contribution < 1.29 is 4.79 Å². The summed E-state index contributed by atoms with van der Waals surface area (Å²) in [6.45, 7) is 4.01. The fraction of sp³-hybridized carbons (Fsp3) is 0.316. The summed E-state index contributed by atoms with van der Waals surface area (Å²) in [5.41, 5.74) is 0.743. The lowest BCUT2D eigenvalue weighted by Gasteiger charge is -2.40. The number of hydrogen-bond acceptors (Lipinski definition) is 4. The molecular weight excluding hydrogens is 318 g/mol. The van der Waals surface area contributed by atoms with Crippen LogP contribution in [0.5, 0.6) is 0 Å². The number of carbonyl (C=O) groups is 1. The highest BCUT2D eigenvalue weighted by Crippen LogP contribution is 2.47. The van der Waals surface area contributed by atoms with Gasteiger partial charge >= 0.3 is 5.69 Å². The molecule has 0 saturated heterocycles. The number of nitrogens with one attached hydrogen (secondary N) is 3. The molecule has 1 aromatic heterocycles. The first-order valence-corrected chi connectivity index (χ1v) is 8.30. The van der Waals surface area contributed by atoms with Crippen molar-refractivity contribution in [2.24, 2.45) is 11.3 Å². The van der Waals surface area contributed by atoms with E-state index in [1.165, 1.54) is 0 Å². The minimum absolute atomic E-state index is 0.0973. The molecule has 1 aliphatic heterocycles. The predicted octanol–water partition coefficient (Wildman–Crippen LogP) is 2.12. The number of aromatic amines is 2. The lowest BCUT2D eigenvalue weighted by atomic mass is 9.67. The van der Waals surface area contributed by atoms with Crippen LogP contribution in [0.4, 0.5) is 5.82 Å². The van der Waals surface area contributed by atoms with Crippen LogP contribution < -0.4 is 16.6 Å². The Kier molecular flexibility index (Phi) is 3.32. The summed E-state index contributed by atoms with van der Waals surface area (Å²) >= 11 is 0. The molecule has 3 N–H and O–H groups in total. The maximum Gasteiger partial charge on any atom is 0.327 e. The maximum atomic E-state index is 13.0. The van der Waals surface area contributed by atoms with E-state index < -0.39 is 23.1 Å². The molecule has 0 fully saturated rings. The van der Waals surface area contributed by atoms with Gasteiger partial charge < -0.3 is 5.32 Å². The molecule has 6 heteroatoms. The third-order valence-corrected chi connectivity index (χ3v) is 4.91. The standard InChI is InChI=1S/C19H19N3O3/c1-19(2)8-11-14(12(23)9-19)13(10-6-4-3-5-7-10)15-16(20-11)21-18(25)22-17(15)24/h3-8,13-14H,9H2,1-2H3,(H3,20,21,22,24,25). The molecule has 2 heterocycles. The lowest BCUT2D eigenvalue weighted by Crippen LogP contribution is -2.43. The van der Waals surface area contributed by atoms with E-state index in [9.17, 15) is 14.4 Å². The van der Waals surface area contributed by atoms with Crippen LogP contribution in [-0.2, 0) is 4.79 Å². The summed E-state index contributed by atoms with van der Waals surface area (Å²) < 4.78 is 0. The minimum atomic E-state index is -0.566. The average molecular weight is 337 g/mol. The first-order valence-electron chi connectivity index (χ1n) is 8.30. The number of hydrogen-bond donors (Lipinski definition) is 3. The van der Waals surface area contributed by atoms with E-state index >= 15 is 0 Å². The third kappa shape index (κ3) is 2.54. The van der Waals surface area contributed by atoms with Crippen LogP contribution in [0.2, 0.25) is 0 Å². The number of ketones is 1. The molecular formula is C19H19N3O3. The minimum Gasteiger partial charge on any atom is -0.344 e. The monoisotopic (exact) mass is 337 g/mol. The highest BCUT2D eigenvalue weighted by atomic mass is 16.2. The van der Waals surface area contributed by atoms with E-state index in [-0.39, 0.29) is 11.2 Å². The SMILES string of the molecule is CC1(C)C=C2Nc3[nH]c(=O)[nH]c(=O)c3C(c3ccccc3)C2C(=O)C1. The van der Waals surface area contributed by atoms with Crippen LogP contribution in [-0.4, -0.2) is 15.8 Å². The van der Waals surface area contributed by atoms with Gasteiger partial charge in [0.25, 0.3) is 5.56 Å². The van der Waals surface area contributed by atoms with E-state index in [4.69, 9.17) is 0 Å². The Bertz CT molecular complexity index is 999. The zero-order valence-electron chi connectivity index (χ0n) is 14.1. The van der Waals surface area contributed by atoms with Crippen LogP contribution in [0, 0.1) is 11.3 Å². The van der Waals surface area contributed by atoms with Gasteiger partial charge in [-0.3, -0.25) is 19.6 Å². The van der Waals surface area contributed by atoms with Gasteiger partial charge in [-0.05, 0) is 11.0 Å². The van der Waals surface area contributed by atoms with Gasteiger partial charge in [0, 0.05) is 18.0 Å². The van der Waals surface area contributed by atoms with E-state index in [1.54, 1.807) is 0 Å². The van der Waals surface area contributed by atoms with Gasteiger partial charge in [0.15, 0.2) is 0 Å². The molecule has 0 spiro atoms. The predicted molar refractivity (Wildman–Crippen MR) is 94.6 cm³/mol. The maximum absolute atomic E-state index is 13.0. The van der Waals surface area contributed by atoms with Crippen molar-refractivity contribution in [3.05, 3.63) is 74.1 Å². The summed E-state index contributed by atoms with van der Waals surface area (Å²) in [6, 6.07) is 9.49. The number of rotatable bonds is 1. The van der Waals surface area contributed by atoms with Gasteiger partial charge in [0.1, 0.15) is 11.6 Å². The van der Waals surface area contributed by atoms with Crippen LogP contribution >= 0.6 is 0 Å². The average Bonchev–Trinajstić information content (AvgIpc) is 2.52. The first kappa shape index (κ1) is 15.6. The summed E-state index contributed by atoms with van der Waals surface area (Å²) in [7, 11) is 0. The van der Waals surface area contributed by atoms with Crippen molar-refractivity contribution >= 4 is 11.6 Å². The number of carbonyl (C=O) groups excluding carboxylic acids is 1. The summed E-state index contributed by atoms with van der Waals surface area (Å²) in [4.78, 5) is 42.2. The molecule has 4 rings (SSSR count). The number of fused-ring (bicyclic) bond motifs is 2. The van der Waals surface area contributed by atoms with Gasteiger partial charge in [-0.2, -0.15) is 0 Å². The van der Waals surface area contributed by atoms with Gasteiger partial charge in [-0.25, -0.2) is 4.79 Å². The van der Waals surface area contributed by atoms with Crippen molar-refractivity contribution in [1.82, 2.24) is 9.97 Å². The molecule has 25 heavy (non-hydrogen) atoms. The zero-order chi connectivity index (χ0) is 17.8. The second-order valence-electron chi connectivity index (χ2n) is 7.42. The van der Waals surface area contributed by atoms with Gasteiger partial charge in [0.05, 0.1) is 11.5 Å². The molecule has 2 unspecified atom stereocenters. The lowest BCUT2D eigenvalue weighted by molar-refractivity contribution is -0.124. The van der Waals surface area contributed by atoms with Crippen molar-refractivity contribution in [3.8, 4) is 0 Å². The fourth-order valence-electron chi connectivity index (χ4n) is 4.00. The van der Waals surface area contributed by atoms with Crippen molar-refractivity contribution in [3.63, 3.8) is 0 Å². The largest absolute Gasteiger partial charge is 0.344 e. The molecule has 0 amide bonds. The number of H-pyrrole nitrogens is 2. The topological polar surface area (TPSA) is 94.8 Å². The molecule has 1 aromatic carbocycles. The molecule has 6 nitrogen and oxygen atoms in total. The number of benzene rings is 1. The first-order chi connectivity index (χ1) is 11.9. The number of Topliss-reactive ketones (excluding diaryl/α,β-unsaturated/α-hetero) is 1. The van der Waals surface area contributed by atoms with Crippen molar-refractivity contribution in [2.75, 3.05) is 5.32 Å². The second-order valence-corrected chi connectivity index (χ2v) is 7.42. The van der Waals surface area contributed by atoms with E-state index in [0.717, 1.165) is 11.3 Å². The van der Waals surface area contributed by atoms with E-state index in [2.05, 4.69) is 15.3 Å². The smallest absolute Gasteiger partial charge is 0.327 e. The van der Waals surface area contributed by atoms with Crippen molar-refractivity contribution in [1.29, 1.82) is 0 Å². The highest BCUT2D eigenvalue weighted by molar-refractivity contribution is 5.90.